The predicted molar refractivity (Wildman–Crippen MR) is 74.7 cm³/mol. The standard InChI is InChI=1S/C11H16N8S/c1-4-6-7(5-2)14-15-10(8(6)9(12)13)20-11-16-17-18-19(11)3/h4-5H2,1-3H3,(H3,12,13). The van der Waals surface area contributed by atoms with Crippen LogP contribution in [-0.4, -0.2) is 36.2 Å². The Morgan fingerprint density at radius 3 is 2.50 bits per heavy atom. The smallest absolute Gasteiger partial charge is 0.215 e. The minimum Gasteiger partial charge on any atom is -0.384 e. The minimum absolute atomic E-state index is 0.0101. The second-order valence-corrected chi connectivity index (χ2v) is 5.07. The van der Waals surface area contributed by atoms with Gasteiger partial charge in [0.1, 0.15) is 10.9 Å². The van der Waals surface area contributed by atoms with E-state index in [0.717, 1.165) is 24.1 Å². The van der Waals surface area contributed by atoms with Crippen molar-refractivity contribution in [1.29, 1.82) is 5.41 Å². The number of amidine groups is 1. The number of rotatable bonds is 5. The molecule has 2 rings (SSSR count). The van der Waals surface area contributed by atoms with Gasteiger partial charge < -0.3 is 5.73 Å². The molecule has 0 amide bonds. The van der Waals surface area contributed by atoms with Gasteiger partial charge >= 0.3 is 0 Å². The maximum Gasteiger partial charge on any atom is 0.215 e. The number of tetrazole rings is 1. The number of aromatic nitrogens is 6. The van der Waals surface area contributed by atoms with Crippen LogP contribution in [0, 0.1) is 5.41 Å². The van der Waals surface area contributed by atoms with Crippen LogP contribution in [0.2, 0.25) is 0 Å². The summed E-state index contributed by atoms with van der Waals surface area (Å²) in [4.78, 5) is 0. The lowest BCUT2D eigenvalue weighted by molar-refractivity contribution is 0.663. The molecule has 0 saturated carbocycles. The van der Waals surface area contributed by atoms with Gasteiger partial charge in [-0.1, -0.05) is 13.8 Å². The number of nitrogens with two attached hydrogens (primary N) is 1. The lowest BCUT2D eigenvalue weighted by atomic mass is 10.0. The van der Waals surface area contributed by atoms with Crippen molar-refractivity contribution in [3.05, 3.63) is 16.8 Å². The van der Waals surface area contributed by atoms with Crippen LogP contribution in [0.4, 0.5) is 0 Å². The third-order valence-electron chi connectivity index (χ3n) is 2.85. The second kappa shape index (κ2) is 5.95. The van der Waals surface area contributed by atoms with Crippen molar-refractivity contribution in [3.8, 4) is 0 Å². The molecule has 0 aliphatic rings. The van der Waals surface area contributed by atoms with Gasteiger partial charge in [0.05, 0.1) is 11.3 Å². The summed E-state index contributed by atoms with van der Waals surface area (Å²) in [5.41, 5.74) is 8.20. The molecule has 3 N–H and O–H groups in total. The molecule has 0 radical (unpaired) electrons. The summed E-state index contributed by atoms with van der Waals surface area (Å²) >= 11 is 1.26. The molecule has 0 spiro atoms. The first-order chi connectivity index (χ1) is 9.58. The third-order valence-corrected chi connectivity index (χ3v) is 3.86. The lowest BCUT2D eigenvalue weighted by Crippen LogP contribution is -2.18. The molecule has 9 heteroatoms. The highest BCUT2D eigenvalue weighted by Crippen LogP contribution is 2.29. The van der Waals surface area contributed by atoms with Crippen molar-refractivity contribution in [2.24, 2.45) is 12.8 Å². The van der Waals surface area contributed by atoms with Crippen LogP contribution in [0.1, 0.15) is 30.7 Å². The van der Waals surface area contributed by atoms with Crippen molar-refractivity contribution < 1.29 is 0 Å². The molecule has 0 saturated heterocycles. The first-order valence-electron chi connectivity index (χ1n) is 6.21. The molecule has 2 aromatic rings. The molecule has 0 fully saturated rings. The number of nitrogens with zero attached hydrogens (tertiary/aromatic N) is 6. The Morgan fingerprint density at radius 2 is 2.00 bits per heavy atom. The summed E-state index contributed by atoms with van der Waals surface area (Å²) in [6, 6.07) is 0. The molecule has 0 unspecified atom stereocenters. The van der Waals surface area contributed by atoms with Gasteiger partial charge in [-0.25, -0.2) is 4.68 Å². The summed E-state index contributed by atoms with van der Waals surface area (Å²) < 4.78 is 1.54. The summed E-state index contributed by atoms with van der Waals surface area (Å²) in [6.45, 7) is 4.02. The molecule has 106 valence electrons. The summed E-state index contributed by atoms with van der Waals surface area (Å²) in [7, 11) is 1.74. The fourth-order valence-corrected chi connectivity index (χ4v) is 2.73. The Labute approximate surface area is 120 Å². The predicted octanol–water partition coefficient (Wildman–Crippen LogP) is 0.560. The number of nitrogen functional groups attached to an aromatic ring is 1. The van der Waals surface area contributed by atoms with Crippen LogP contribution < -0.4 is 5.73 Å². The van der Waals surface area contributed by atoms with Crippen molar-refractivity contribution >= 4 is 17.6 Å². The summed E-state index contributed by atoms with van der Waals surface area (Å²) in [5, 5.41) is 28.6. The Balaban J connectivity index is 2.53. The molecule has 0 aliphatic carbocycles. The van der Waals surface area contributed by atoms with Gasteiger partial charge in [-0.05, 0) is 40.6 Å². The first-order valence-corrected chi connectivity index (χ1v) is 7.03. The highest BCUT2D eigenvalue weighted by Gasteiger charge is 2.19. The van der Waals surface area contributed by atoms with Crippen molar-refractivity contribution in [2.45, 2.75) is 36.9 Å². The number of hydrogen-bond acceptors (Lipinski definition) is 7. The van der Waals surface area contributed by atoms with E-state index in [4.69, 9.17) is 11.1 Å². The molecule has 0 aliphatic heterocycles. The molecule has 20 heavy (non-hydrogen) atoms. The minimum atomic E-state index is -0.0101. The Morgan fingerprint density at radius 1 is 1.25 bits per heavy atom. The van der Waals surface area contributed by atoms with Crippen LogP contribution in [-0.2, 0) is 19.9 Å². The Hall–Kier alpha value is -2.03. The Bertz CT molecular complexity index is 635. The average Bonchev–Trinajstić information content (AvgIpc) is 2.83. The normalized spacial score (nSPS) is 10.8. The van der Waals surface area contributed by atoms with Gasteiger partial charge in [0, 0.05) is 7.05 Å². The highest BCUT2D eigenvalue weighted by atomic mass is 32.2. The first kappa shape index (κ1) is 14.4. The number of hydrogen-bond donors (Lipinski definition) is 2. The van der Waals surface area contributed by atoms with Crippen molar-refractivity contribution in [1.82, 2.24) is 30.4 Å². The molecule has 0 aromatic carbocycles. The van der Waals surface area contributed by atoms with Gasteiger partial charge in [-0.2, -0.15) is 5.10 Å². The van der Waals surface area contributed by atoms with Gasteiger partial charge in [0.25, 0.3) is 0 Å². The van der Waals surface area contributed by atoms with Gasteiger partial charge in [-0.3, -0.25) is 5.41 Å². The second-order valence-electron chi connectivity index (χ2n) is 4.11. The zero-order valence-corrected chi connectivity index (χ0v) is 12.4. The zero-order valence-electron chi connectivity index (χ0n) is 11.6. The van der Waals surface area contributed by atoms with E-state index in [1.165, 1.54) is 16.4 Å². The van der Waals surface area contributed by atoms with E-state index < -0.39 is 0 Å². The fourth-order valence-electron chi connectivity index (χ4n) is 1.90. The van der Waals surface area contributed by atoms with E-state index in [2.05, 4.69) is 25.7 Å². The van der Waals surface area contributed by atoms with Gasteiger partial charge in [0.2, 0.25) is 5.16 Å². The van der Waals surface area contributed by atoms with Crippen LogP contribution >= 0.6 is 11.8 Å². The maximum atomic E-state index is 7.81. The molecule has 8 nitrogen and oxygen atoms in total. The summed E-state index contributed by atoms with van der Waals surface area (Å²) in [6.07, 6.45) is 1.51. The molecule has 2 aromatic heterocycles. The van der Waals surface area contributed by atoms with E-state index in [1.807, 2.05) is 13.8 Å². The van der Waals surface area contributed by atoms with E-state index in [-0.39, 0.29) is 5.84 Å². The van der Waals surface area contributed by atoms with Crippen molar-refractivity contribution in [3.63, 3.8) is 0 Å². The van der Waals surface area contributed by atoms with E-state index in [1.54, 1.807) is 7.05 Å². The van der Waals surface area contributed by atoms with E-state index in [0.29, 0.717) is 15.7 Å². The highest BCUT2D eigenvalue weighted by molar-refractivity contribution is 7.99. The molecule has 2 heterocycles. The largest absolute Gasteiger partial charge is 0.384 e. The average molecular weight is 292 g/mol. The van der Waals surface area contributed by atoms with Gasteiger partial charge in [-0.15, -0.1) is 10.2 Å². The number of nitrogens with one attached hydrogen (secondary N) is 1. The van der Waals surface area contributed by atoms with Crippen molar-refractivity contribution in [2.75, 3.05) is 0 Å². The van der Waals surface area contributed by atoms with Crippen LogP contribution in [0.5, 0.6) is 0 Å². The monoisotopic (exact) mass is 292 g/mol. The SMILES string of the molecule is CCc1nnc(Sc2nnnn2C)c(C(=N)N)c1CC. The fraction of sp³-hybridized carbons (Fsp3) is 0.455. The van der Waals surface area contributed by atoms with E-state index in [9.17, 15) is 0 Å². The number of aryl methyl sites for hydroxylation is 2. The Kier molecular flexibility index (Phi) is 4.28. The summed E-state index contributed by atoms with van der Waals surface area (Å²) in [5.74, 6) is -0.0101. The molecule has 0 atom stereocenters. The van der Waals surface area contributed by atoms with Crippen LogP contribution in [0.15, 0.2) is 10.2 Å². The third kappa shape index (κ3) is 2.62. The molecular weight excluding hydrogens is 276 g/mol. The molecule has 0 bridgehead atoms. The lowest BCUT2D eigenvalue weighted by Gasteiger charge is -2.13. The quantitative estimate of drug-likeness (QED) is 0.610. The topological polar surface area (TPSA) is 119 Å². The van der Waals surface area contributed by atoms with Crippen LogP contribution in [0.3, 0.4) is 0 Å². The zero-order chi connectivity index (χ0) is 14.7. The van der Waals surface area contributed by atoms with Gasteiger partial charge in [0.15, 0.2) is 0 Å². The maximum absolute atomic E-state index is 7.81. The van der Waals surface area contributed by atoms with Crippen LogP contribution in [0.25, 0.3) is 0 Å². The van der Waals surface area contributed by atoms with E-state index >= 15 is 0 Å². The molecular formula is C11H16N8S.